The second-order valence-corrected chi connectivity index (χ2v) is 5.80. The number of nitrogens with zero attached hydrogens (tertiary/aromatic N) is 4. The van der Waals surface area contributed by atoms with Crippen LogP contribution in [0, 0.1) is 6.92 Å². The summed E-state index contributed by atoms with van der Waals surface area (Å²) in [7, 11) is 1.68. The highest BCUT2D eigenvalue weighted by Gasteiger charge is 2.27. The van der Waals surface area contributed by atoms with Crippen molar-refractivity contribution >= 4 is 5.91 Å². The standard InChI is InChI=1S/C16H21N5O2/c1-11-17-9-13(10-23-2)15(19-11)12-4-7-21(8-5-12)16(22)14-3-6-18-20-14/h3,6,9,12H,4-5,7-8,10H2,1-2H3,(H,18,20). The van der Waals surface area contributed by atoms with Crippen molar-refractivity contribution in [1.29, 1.82) is 0 Å². The van der Waals surface area contributed by atoms with Gasteiger partial charge in [-0.15, -0.1) is 0 Å². The summed E-state index contributed by atoms with van der Waals surface area (Å²) in [6.07, 6.45) is 5.24. The molecule has 0 saturated carbocycles. The molecule has 1 saturated heterocycles. The third-order valence-electron chi connectivity index (χ3n) is 4.22. The highest BCUT2D eigenvalue weighted by molar-refractivity contribution is 5.92. The number of methoxy groups -OCH3 is 1. The SMILES string of the molecule is COCc1cnc(C)nc1C1CCN(C(=O)c2ccn[nH]2)CC1. The van der Waals surface area contributed by atoms with Crippen LogP contribution < -0.4 is 0 Å². The van der Waals surface area contributed by atoms with E-state index in [0.717, 1.165) is 43.0 Å². The van der Waals surface area contributed by atoms with Gasteiger partial charge in [-0.3, -0.25) is 9.89 Å². The van der Waals surface area contributed by atoms with Gasteiger partial charge in [-0.1, -0.05) is 0 Å². The van der Waals surface area contributed by atoms with Crippen LogP contribution in [-0.2, 0) is 11.3 Å². The van der Waals surface area contributed by atoms with Gasteiger partial charge in [0.05, 0.1) is 12.3 Å². The topological polar surface area (TPSA) is 84.0 Å². The number of aryl methyl sites for hydroxylation is 1. The van der Waals surface area contributed by atoms with E-state index in [2.05, 4.69) is 20.2 Å². The van der Waals surface area contributed by atoms with Crippen LogP contribution >= 0.6 is 0 Å². The molecular weight excluding hydrogens is 294 g/mol. The first-order valence-electron chi connectivity index (χ1n) is 7.79. The van der Waals surface area contributed by atoms with Gasteiger partial charge >= 0.3 is 0 Å². The molecule has 23 heavy (non-hydrogen) atoms. The van der Waals surface area contributed by atoms with E-state index < -0.39 is 0 Å². The summed E-state index contributed by atoms with van der Waals surface area (Å²) in [6.45, 7) is 3.86. The fourth-order valence-corrected chi connectivity index (χ4v) is 3.03. The van der Waals surface area contributed by atoms with Crippen LogP contribution in [0.25, 0.3) is 0 Å². The van der Waals surface area contributed by atoms with Gasteiger partial charge < -0.3 is 9.64 Å². The van der Waals surface area contributed by atoms with Crippen LogP contribution in [0.5, 0.6) is 0 Å². The number of amides is 1. The van der Waals surface area contributed by atoms with Gasteiger partial charge in [-0.2, -0.15) is 5.10 Å². The maximum absolute atomic E-state index is 12.3. The third kappa shape index (κ3) is 3.39. The monoisotopic (exact) mass is 315 g/mol. The first kappa shape index (κ1) is 15.6. The Morgan fingerprint density at radius 2 is 2.22 bits per heavy atom. The molecule has 7 nitrogen and oxygen atoms in total. The lowest BCUT2D eigenvalue weighted by Gasteiger charge is -2.32. The molecule has 0 aromatic carbocycles. The van der Waals surface area contributed by atoms with Crippen LogP contribution in [-0.4, -0.2) is 51.2 Å². The average molecular weight is 315 g/mol. The second-order valence-electron chi connectivity index (χ2n) is 5.80. The van der Waals surface area contributed by atoms with Crippen molar-refractivity contribution in [2.24, 2.45) is 0 Å². The zero-order chi connectivity index (χ0) is 16.2. The lowest BCUT2D eigenvalue weighted by Crippen LogP contribution is -2.38. The Kier molecular flexibility index (Phi) is 4.66. The van der Waals surface area contributed by atoms with Gasteiger partial charge in [-0.25, -0.2) is 9.97 Å². The minimum Gasteiger partial charge on any atom is -0.380 e. The van der Waals surface area contributed by atoms with Crippen molar-refractivity contribution in [1.82, 2.24) is 25.1 Å². The van der Waals surface area contributed by atoms with E-state index in [1.165, 1.54) is 0 Å². The minimum absolute atomic E-state index is 0.0110. The molecule has 3 rings (SSSR count). The molecule has 0 unspecified atom stereocenters. The number of carbonyl (C=O) groups is 1. The zero-order valence-electron chi connectivity index (χ0n) is 13.5. The van der Waals surface area contributed by atoms with Crippen molar-refractivity contribution in [3.05, 3.63) is 41.2 Å². The number of likely N-dealkylation sites (tertiary alicyclic amines) is 1. The van der Waals surface area contributed by atoms with E-state index in [-0.39, 0.29) is 5.91 Å². The van der Waals surface area contributed by atoms with Gasteiger partial charge in [0.2, 0.25) is 0 Å². The number of H-pyrrole nitrogens is 1. The van der Waals surface area contributed by atoms with E-state index in [9.17, 15) is 4.79 Å². The molecule has 0 atom stereocenters. The van der Waals surface area contributed by atoms with Crippen LogP contribution in [0.1, 0.15) is 46.3 Å². The normalized spacial score (nSPS) is 15.8. The predicted octanol–water partition coefficient (Wildman–Crippen LogP) is 1.67. The molecule has 1 N–H and O–H groups in total. The summed E-state index contributed by atoms with van der Waals surface area (Å²) >= 11 is 0. The van der Waals surface area contributed by atoms with Crippen LogP contribution in [0.2, 0.25) is 0 Å². The predicted molar refractivity (Wildman–Crippen MR) is 83.9 cm³/mol. The highest BCUT2D eigenvalue weighted by Crippen LogP contribution is 2.29. The summed E-state index contributed by atoms with van der Waals surface area (Å²) < 4.78 is 5.25. The van der Waals surface area contributed by atoms with Gasteiger partial charge in [0.1, 0.15) is 11.5 Å². The Morgan fingerprint density at radius 3 is 2.87 bits per heavy atom. The fourth-order valence-electron chi connectivity index (χ4n) is 3.03. The first-order valence-corrected chi connectivity index (χ1v) is 7.79. The number of nitrogens with one attached hydrogen (secondary N) is 1. The second kappa shape index (κ2) is 6.87. The highest BCUT2D eigenvalue weighted by atomic mass is 16.5. The largest absolute Gasteiger partial charge is 0.380 e. The Morgan fingerprint density at radius 1 is 1.43 bits per heavy atom. The molecule has 0 radical (unpaired) electrons. The number of rotatable bonds is 4. The van der Waals surface area contributed by atoms with Gasteiger partial charge in [-0.05, 0) is 25.8 Å². The van der Waals surface area contributed by atoms with Crippen molar-refractivity contribution in [3.8, 4) is 0 Å². The van der Waals surface area contributed by atoms with Crippen LogP contribution in [0.15, 0.2) is 18.5 Å². The maximum atomic E-state index is 12.3. The van der Waals surface area contributed by atoms with E-state index in [4.69, 9.17) is 4.74 Å². The molecule has 0 aliphatic carbocycles. The van der Waals surface area contributed by atoms with Gasteiger partial charge in [0, 0.05) is 44.1 Å². The fraction of sp³-hybridized carbons (Fsp3) is 0.500. The quantitative estimate of drug-likeness (QED) is 0.928. The summed E-state index contributed by atoms with van der Waals surface area (Å²) in [4.78, 5) is 23.1. The van der Waals surface area contributed by atoms with Crippen molar-refractivity contribution in [2.75, 3.05) is 20.2 Å². The van der Waals surface area contributed by atoms with Crippen LogP contribution in [0.3, 0.4) is 0 Å². The maximum Gasteiger partial charge on any atom is 0.271 e. The molecule has 3 heterocycles. The molecule has 1 aliphatic rings. The number of hydrogen-bond donors (Lipinski definition) is 1. The van der Waals surface area contributed by atoms with Gasteiger partial charge in [0.25, 0.3) is 5.91 Å². The molecule has 7 heteroatoms. The molecule has 1 fully saturated rings. The van der Waals surface area contributed by atoms with E-state index >= 15 is 0 Å². The van der Waals surface area contributed by atoms with Crippen molar-refractivity contribution in [2.45, 2.75) is 32.3 Å². The lowest BCUT2D eigenvalue weighted by atomic mass is 9.90. The molecule has 2 aromatic heterocycles. The Labute approximate surface area is 135 Å². The summed E-state index contributed by atoms with van der Waals surface area (Å²) in [5.41, 5.74) is 2.64. The summed E-state index contributed by atoms with van der Waals surface area (Å²) in [6, 6.07) is 1.71. The number of aromatic nitrogens is 4. The number of hydrogen-bond acceptors (Lipinski definition) is 5. The lowest BCUT2D eigenvalue weighted by molar-refractivity contribution is 0.0705. The number of aromatic amines is 1. The Balaban J connectivity index is 1.69. The third-order valence-corrected chi connectivity index (χ3v) is 4.22. The Hall–Kier alpha value is -2.28. The minimum atomic E-state index is 0.0110. The summed E-state index contributed by atoms with van der Waals surface area (Å²) in [5.74, 6) is 1.13. The molecular formula is C16H21N5O2. The molecule has 2 aromatic rings. The van der Waals surface area contributed by atoms with E-state index in [1.807, 2.05) is 18.0 Å². The number of piperidine rings is 1. The van der Waals surface area contributed by atoms with Crippen LogP contribution in [0.4, 0.5) is 0 Å². The molecule has 1 amide bonds. The smallest absolute Gasteiger partial charge is 0.271 e. The van der Waals surface area contributed by atoms with Gasteiger partial charge in [0.15, 0.2) is 0 Å². The average Bonchev–Trinajstić information content (AvgIpc) is 3.11. The molecule has 0 bridgehead atoms. The van der Waals surface area contributed by atoms with E-state index in [0.29, 0.717) is 18.2 Å². The van der Waals surface area contributed by atoms with Crippen molar-refractivity contribution in [3.63, 3.8) is 0 Å². The van der Waals surface area contributed by atoms with E-state index in [1.54, 1.807) is 19.4 Å². The first-order chi connectivity index (χ1) is 11.2. The summed E-state index contributed by atoms with van der Waals surface area (Å²) in [5, 5.41) is 6.57. The number of ether oxygens (including phenoxy) is 1. The van der Waals surface area contributed by atoms with Crippen molar-refractivity contribution < 1.29 is 9.53 Å². The molecule has 1 aliphatic heterocycles. The molecule has 0 spiro atoms. The molecule has 122 valence electrons. The number of carbonyl (C=O) groups excluding carboxylic acids is 1. The zero-order valence-corrected chi connectivity index (χ0v) is 13.5. The Bertz CT molecular complexity index is 663.